The second-order valence-electron chi connectivity index (χ2n) is 2.65. The number of nitrogens with zero attached hydrogens (tertiary/aromatic N) is 3. The van der Waals surface area contributed by atoms with Gasteiger partial charge in [0.2, 0.25) is 5.70 Å². The molecule has 0 saturated heterocycles. The van der Waals surface area contributed by atoms with E-state index in [2.05, 4.69) is 15.2 Å². The molecule has 0 saturated carbocycles. The van der Waals surface area contributed by atoms with Crippen LogP contribution in [0.2, 0.25) is 0 Å². The molecule has 0 atom stereocenters. The first-order valence-corrected chi connectivity index (χ1v) is 4.71. The maximum absolute atomic E-state index is 10.7. The van der Waals surface area contributed by atoms with Gasteiger partial charge in [-0.2, -0.15) is 0 Å². The molecule has 7 heteroatoms. The van der Waals surface area contributed by atoms with Gasteiger partial charge in [0.1, 0.15) is 11.4 Å². The molecule has 6 nitrogen and oxygen atoms in total. The molecule has 16 heavy (non-hydrogen) atoms. The predicted octanol–water partition coefficient (Wildman–Crippen LogP) is 2.26. The molecule has 1 aromatic heterocycles. The fourth-order valence-corrected chi connectivity index (χ4v) is 0.934. The van der Waals surface area contributed by atoms with Crippen LogP contribution >= 0.6 is 11.6 Å². The first-order valence-electron chi connectivity index (χ1n) is 4.18. The average Bonchev–Trinajstić information content (AvgIpc) is 2.30. The summed E-state index contributed by atoms with van der Waals surface area (Å²) in [4.78, 5) is 14.4. The zero-order chi connectivity index (χ0) is 12.0. The molecule has 0 fully saturated rings. The largest absolute Gasteiger partial charge is 0.508 e. The highest BCUT2D eigenvalue weighted by Gasteiger charge is 2.12. The number of rotatable bonds is 4. The number of carboxylic acids is 1. The number of aliphatic hydroxyl groups is 1. The summed E-state index contributed by atoms with van der Waals surface area (Å²) in [6.07, 6.45) is 2.95. The third kappa shape index (κ3) is 3.32. The molecule has 0 aliphatic carbocycles. The lowest BCUT2D eigenvalue weighted by Crippen LogP contribution is -2.02. The predicted molar refractivity (Wildman–Crippen MR) is 56.8 cm³/mol. The topological polar surface area (TPSA) is 95.1 Å². The highest BCUT2D eigenvalue weighted by molar-refractivity contribution is 6.19. The molecule has 0 radical (unpaired) electrons. The first kappa shape index (κ1) is 12.1. The Bertz CT molecular complexity index is 431. The van der Waals surface area contributed by atoms with Crippen LogP contribution in [-0.4, -0.2) is 27.0 Å². The Hall–Kier alpha value is -1.95. The lowest BCUT2D eigenvalue weighted by molar-refractivity contribution is -0.132. The van der Waals surface area contributed by atoms with E-state index in [1.165, 1.54) is 6.20 Å². The number of aromatic nitrogens is 1. The Kier molecular flexibility index (Phi) is 4.41. The Morgan fingerprint density at radius 2 is 2.25 bits per heavy atom. The number of carbonyl (C=O) groups is 1. The van der Waals surface area contributed by atoms with Gasteiger partial charge in [-0.1, -0.05) is 0 Å². The van der Waals surface area contributed by atoms with Crippen LogP contribution in [0, 0.1) is 0 Å². The monoisotopic (exact) mass is 241 g/mol. The molecule has 0 spiro atoms. The van der Waals surface area contributed by atoms with Crippen LogP contribution < -0.4 is 0 Å². The number of aliphatic carboxylic acids is 1. The van der Waals surface area contributed by atoms with E-state index in [0.717, 1.165) is 0 Å². The lowest BCUT2D eigenvalue weighted by Gasteiger charge is -1.96. The highest BCUT2D eigenvalue weighted by Crippen LogP contribution is 2.13. The number of alkyl halides is 1. The van der Waals surface area contributed by atoms with Crippen molar-refractivity contribution in [1.82, 2.24) is 4.98 Å². The number of azo groups is 1. The number of carboxylic acid groups (broad SMARTS) is 1. The van der Waals surface area contributed by atoms with Gasteiger partial charge >= 0.3 is 5.97 Å². The van der Waals surface area contributed by atoms with E-state index < -0.39 is 17.4 Å². The molecule has 84 valence electrons. The molecule has 0 bridgehead atoms. The standard InChI is InChI=1S/C9H8ClN3O3/c10-4-7(14)8(9(15)16)13-12-6-2-1-3-11-5-6/h1-3,5,14H,4H2,(H,15,16). The molecule has 2 N–H and O–H groups in total. The second kappa shape index (κ2) is 5.82. The minimum atomic E-state index is -1.40. The van der Waals surface area contributed by atoms with Gasteiger partial charge in [0.15, 0.2) is 0 Å². The summed E-state index contributed by atoms with van der Waals surface area (Å²) in [6, 6.07) is 3.22. The zero-order valence-corrected chi connectivity index (χ0v) is 8.79. The van der Waals surface area contributed by atoms with Crippen LogP contribution in [0.4, 0.5) is 5.69 Å². The van der Waals surface area contributed by atoms with E-state index >= 15 is 0 Å². The third-order valence-corrected chi connectivity index (χ3v) is 1.77. The summed E-state index contributed by atoms with van der Waals surface area (Å²) < 4.78 is 0. The lowest BCUT2D eigenvalue weighted by atomic mass is 10.4. The van der Waals surface area contributed by atoms with Crippen LogP contribution in [0.25, 0.3) is 0 Å². The van der Waals surface area contributed by atoms with Crippen molar-refractivity contribution in [3.05, 3.63) is 36.0 Å². The van der Waals surface area contributed by atoms with Crippen molar-refractivity contribution in [2.45, 2.75) is 0 Å². The molecule has 1 heterocycles. The fraction of sp³-hybridized carbons (Fsp3) is 0.111. The molecule has 0 aliphatic rings. The van der Waals surface area contributed by atoms with Gasteiger partial charge in [-0.3, -0.25) is 4.98 Å². The van der Waals surface area contributed by atoms with E-state index in [0.29, 0.717) is 5.69 Å². The molecule has 1 aromatic rings. The van der Waals surface area contributed by atoms with Crippen molar-refractivity contribution in [3.63, 3.8) is 0 Å². The number of halogens is 1. The Morgan fingerprint density at radius 1 is 1.50 bits per heavy atom. The Balaban J connectivity index is 2.94. The number of aliphatic hydroxyl groups excluding tert-OH is 1. The smallest absolute Gasteiger partial charge is 0.360 e. The number of hydrogen-bond acceptors (Lipinski definition) is 5. The molecule has 0 amide bonds. The van der Waals surface area contributed by atoms with Crippen molar-refractivity contribution in [2.24, 2.45) is 10.2 Å². The van der Waals surface area contributed by atoms with E-state index in [1.54, 1.807) is 18.3 Å². The normalized spacial score (nSPS) is 12.6. The van der Waals surface area contributed by atoms with E-state index in [-0.39, 0.29) is 5.88 Å². The van der Waals surface area contributed by atoms with Crippen LogP contribution in [0.3, 0.4) is 0 Å². The summed E-state index contributed by atoms with van der Waals surface area (Å²) in [6.45, 7) is 0. The van der Waals surface area contributed by atoms with E-state index in [1.807, 2.05) is 0 Å². The highest BCUT2D eigenvalue weighted by atomic mass is 35.5. The molecule has 0 unspecified atom stereocenters. The summed E-state index contributed by atoms with van der Waals surface area (Å²) >= 11 is 5.29. The molecule has 0 aliphatic heterocycles. The van der Waals surface area contributed by atoms with Gasteiger partial charge in [-0.15, -0.1) is 21.8 Å². The van der Waals surface area contributed by atoms with Gasteiger partial charge in [-0.05, 0) is 12.1 Å². The summed E-state index contributed by atoms with van der Waals surface area (Å²) in [5, 5.41) is 24.9. The van der Waals surface area contributed by atoms with Crippen molar-refractivity contribution in [3.8, 4) is 0 Å². The van der Waals surface area contributed by atoms with Crippen LogP contribution in [0.5, 0.6) is 0 Å². The Labute approximate surface area is 95.9 Å². The van der Waals surface area contributed by atoms with E-state index in [4.69, 9.17) is 21.8 Å². The van der Waals surface area contributed by atoms with Crippen LogP contribution in [0.1, 0.15) is 0 Å². The number of pyridine rings is 1. The minimum absolute atomic E-state index is 0.340. The van der Waals surface area contributed by atoms with Crippen LogP contribution in [-0.2, 0) is 4.79 Å². The van der Waals surface area contributed by atoms with Crippen molar-refractivity contribution in [1.29, 1.82) is 0 Å². The van der Waals surface area contributed by atoms with Crippen molar-refractivity contribution in [2.75, 3.05) is 5.88 Å². The van der Waals surface area contributed by atoms with Crippen molar-refractivity contribution >= 4 is 23.3 Å². The second-order valence-corrected chi connectivity index (χ2v) is 2.91. The third-order valence-electron chi connectivity index (χ3n) is 1.51. The summed E-state index contributed by atoms with van der Waals surface area (Å²) in [5.74, 6) is -2.28. The van der Waals surface area contributed by atoms with Crippen LogP contribution in [0.15, 0.2) is 46.2 Å². The summed E-state index contributed by atoms with van der Waals surface area (Å²) in [5.41, 5.74) is -0.206. The Morgan fingerprint density at radius 3 is 2.75 bits per heavy atom. The number of hydrogen-bond donors (Lipinski definition) is 2. The molecule has 1 rings (SSSR count). The van der Waals surface area contributed by atoms with Gasteiger partial charge in [0.25, 0.3) is 0 Å². The average molecular weight is 242 g/mol. The van der Waals surface area contributed by atoms with Gasteiger partial charge in [0, 0.05) is 6.20 Å². The SMILES string of the molecule is O=C(O)C(N=Nc1cccnc1)=C(O)CCl. The summed E-state index contributed by atoms with van der Waals surface area (Å²) in [7, 11) is 0. The van der Waals surface area contributed by atoms with Crippen molar-refractivity contribution < 1.29 is 15.0 Å². The molecular weight excluding hydrogens is 234 g/mol. The van der Waals surface area contributed by atoms with E-state index in [9.17, 15) is 4.79 Å². The fourth-order valence-electron chi connectivity index (χ4n) is 0.808. The quantitative estimate of drug-likeness (QED) is 0.366. The molecule has 0 aromatic carbocycles. The number of allylic oxidation sites excluding steroid dienone is 1. The maximum Gasteiger partial charge on any atom is 0.360 e. The zero-order valence-electron chi connectivity index (χ0n) is 8.04. The van der Waals surface area contributed by atoms with Gasteiger partial charge < -0.3 is 10.2 Å². The van der Waals surface area contributed by atoms with Gasteiger partial charge in [-0.25, -0.2) is 4.79 Å². The molecular formula is C9H8ClN3O3. The maximum atomic E-state index is 10.7. The minimum Gasteiger partial charge on any atom is -0.508 e. The van der Waals surface area contributed by atoms with Gasteiger partial charge in [0.05, 0.1) is 12.1 Å². The first-order chi connectivity index (χ1) is 7.65.